The van der Waals surface area contributed by atoms with Gasteiger partial charge in [-0.1, -0.05) is 0 Å². The van der Waals surface area contributed by atoms with Crippen LogP contribution in [0.15, 0.2) is 45.5 Å². The van der Waals surface area contributed by atoms with Gasteiger partial charge in [-0.05, 0) is 30.5 Å². The van der Waals surface area contributed by atoms with Gasteiger partial charge in [0.1, 0.15) is 0 Å². The minimum absolute atomic E-state index is 0.0310. The molecule has 0 spiro atoms. The molecule has 0 amide bonds. The second-order valence-corrected chi connectivity index (χ2v) is 5.59. The van der Waals surface area contributed by atoms with Gasteiger partial charge < -0.3 is 9.15 Å². The molecule has 1 aromatic carbocycles. The predicted molar refractivity (Wildman–Crippen MR) is 84.5 cm³/mol. The lowest BCUT2D eigenvalue weighted by Gasteiger charge is -2.07. The molecule has 24 heavy (non-hydrogen) atoms. The SMILES string of the molecule is C[C@H](OC(=O)c1ccsc1)c1nnc(-c2ccc([N+](=O)[O-])cc2)o1. The standard InChI is InChI=1S/C15H11N3O5S/c1-9(22-15(19)11-6-7-24-8-11)13-16-17-14(23-13)10-2-4-12(5-3-10)18(20)21/h2-9H,1H3/t9-/m0/s1. The molecule has 0 radical (unpaired) electrons. The number of esters is 1. The Labute approximate surface area is 139 Å². The molecule has 2 heterocycles. The van der Waals surface area contributed by atoms with Gasteiger partial charge in [-0.3, -0.25) is 10.1 Å². The topological polar surface area (TPSA) is 108 Å². The van der Waals surface area contributed by atoms with Crippen LogP contribution < -0.4 is 0 Å². The molecule has 0 aliphatic heterocycles. The summed E-state index contributed by atoms with van der Waals surface area (Å²) in [6.45, 7) is 1.62. The lowest BCUT2D eigenvalue weighted by molar-refractivity contribution is -0.384. The third-order valence-corrected chi connectivity index (χ3v) is 3.84. The summed E-state index contributed by atoms with van der Waals surface area (Å²) in [7, 11) is 0. The molecule has 0 bridgehead atoms. The summed E-state index contributed by atoms with van der Waals surface area (Å²) in [5, 5.41) is 21.8. The maximum absolute atomic E-state index is 11.9. The van der Waals surface area contributed by atoms with E-state index in [-0.39, 0.29) is 17.5 Å². The Kier molecular flexibility index (Phi) is 4.34. The molecular formula is C15H11N3O5S. The van der Waals surface area contributed by atoms with Crippen molar-refractivity contribution >= 4 is 23.0 Å². The molecule has 122 valence electrons. The Morgan fingerprint density at radius 1 is 1.29 bits per heavy atom. The maximum Gasteiger partial charge on any atom is 0.339 e. The van der Waals surface area contributed by atoms with Crippen molar-refractivity contribution in [3.63, 3.8) is 0 Å². The minimum Gasteiger partial charge on any atom is -0.449 e. The van der Waals surface area contributed by atoms with Gasteiger partial charge in [-0.15, -0.1) is 10.2 Å². The first kappa shape index (κ1) is 15.8. The Morgan fingerprint density at radius 3 is 2.67 bits per heavy atom. The summed E-state index contributed by atoms with van der Waals surface area (Å²) in [6.07, 6.45) is -0.711. The Balaban J connectivity index is 1.72. The van der Waals surface area contributed by atoms with E-state index in [2.05, 4.69) is 10.2 Å². The molecule has 0 aliphatic rings. The number of thiophene rings is 1. The quantitative estimate of drug-likeness (QED) is 0.394. The third kappa shape index (κ3) is 3.30. The van der Waals surface area contributed by atoms with Gasteiger partial charge in [-0.25, -0.2) is 4.79 Å². The summed E-state index contributed by atoms with van der Waals surface area (Å²) in [4.78, 5) is 22.1. The second-order valence-electron chi connectivity index (χ2n) is 4.81. The zero-order valence-electron chi connectivity index (χ0n) is 12.4. The van der Waals surface area contributed by atoms with E-state index < -0.39 is 17.0 Å². The largest absolute Gasteiger partial charge is 0.449 e. The van der Waals surface area contributed by atoms with Crippen molar-refractivity contribution in [3.05, 3.63) is 62.7 Å². The molecule has 9 heteroatoms. The average molecular weight is 345 g/mol. The molecule has 0 fully saturated rings. The molecule has 2 aromatic heterocycles. The summed E-state index contributed by atoms with van der Waals surface area (Å²) >= 11 is 1.40. The Bertz CT molecular complexity index is 858. The first-order chi connectivity index (χ1) is 11.5. The second kappa shape index (κ2) is 6.59. The smallest absolute Gasteiger partial charge is 0.339 e. The number of ether oxygens (including phenoxy) is 1. The van der Waals surface area contributed by atoms with E-state index in [4.69, 9.17) is 9.15 Å². The summed E-state index contributed by atoms with van der Waals surface area (Å²) < 4.78 is 10.7. The van der Waals surface area contributed by atoms with E-state index in [1.54, 1.807) is 23.8 Å². The van der Waals surface area contributed by atoms with Crippen molar-refractivity contribution in [1.29, 1.82) is 0 Å². The molecule has 3 rings (SSSR count). The normalized spacial score (nSPS) is 11.9. The van der Waals surface area contributed by atoms with Crippen LogP contribution >= 0.6 is 11.3 Å². The average Bonchev–Trinajstić information content (AvgIpc) is 3.26. The molecule has 0 saturated heterocycles. The van der Waals surface area contributed by atoms with E-state index in [9.17, 15) is 14.9 Å². The number of nitrogens with zero attached hydrogens (tertiary/aromatic N) is 3. The number of non-ortho nitro benzene ring substituents is 1. The maximum atomic E-state index is 11.9. The number of carbonyl (C=O) groups excluding carboxylic acids is 1. The molecule has 0 N–H and O–H groups in total. The first-order valence-electron chi connectivity index (χ1n) is 6.86. The Hall–Kier alpha value is -3.07. The highest BCUT2D eigenvalue weighted by Gasteiger charge is 2.20. The number of nitro groups is 1. The highest BCUT2D eigenvalue weighted by Crippen LogP contribution is 2.25. The van der Waals surface area contributed by atoms with Crippen molar-refractivity contribution in [2.45, 2.75) is 13.0 Å². The van der Waals surface area contributed by atoms with E-state index >= 15 is 0 Å². The third-order valence-electron chi connectivity index (χ3n) is 3.15. The number of hydrogen-bond acceptors (Lipinski definition) is 8. The van der Waals surface area contributed by atoms with E-state index in [0.717, 1.165) is 0 Å². The van der Waals surface area contributed by atoms with Crippen LogP contribution in [0.3, 0.4) is 0 Å². The molecule has 1 atom stereocenters. The van der Waals surface area contributed by atoms with Crippen LogP contribution in [0.1, 0.15) is 29.3 Å². The minimum atomic E-state index is -0.711. The van der Waals surface area contributed by atoms with Crippen LogP contribution in [0, 0.1) is 10.1 Å². The van der Waals surface area contributed by atoms with Gasteiger partial charge in [0.2, 0.25) is 5.89 Å². The van der Waals surface area contributed by atoms with Crippen LogP contribution in [-0.2, 0) is 4.74 Å². The molecular weight excluding hydrogens is 334 g/mol. The number of benzene rings is 1. The lowest BCUT2D eigenvalue weighted by Crippen LogP contribution is -2.08. The monoisotopic (exact) mass is 345 g/mol. The molecule has 0 unspecified atom stereocenters. The van der Waals surface area contributed by atoms with Gasteiger partial charge >= 0.3 is 5.97 Å². The summed E-state index contributed by atoms with van der Waals surface area (Å²) in [6, 6.07) is 7.38. The highest BCUT2D eigenvalue weighted by molar-refractivity contribution is 7.08. The fourth-order valence-electron chi connectivity index (χ4n) is 1.90. The lowest BCUT2D eigenvalue weighted by atomic mass is 10.2. The number of rotatable bonds is 5. The van der Waals surface area contributed by atoms with Crippen molar-refractivity contribution in [2.24, 2.45) is 0 Å². The molecule has 0 saturated carbocycles. The zero-order chi connectivity index (χ0) is 17.1. The Morgan fingerprint density at radius 2 is 2.04 bits per heavy atom. The molecule has 3 aromatic rings. The summed E-state index contributed by atoms with van der Waals surface area (Å²) in [5.41, 5.74) is 0.967. The number of aromatic nitrogens is 2. The van der Waals surface area contributed by atoms with E-state index in [1.165, 1.54) is 35.6 Å². The molecule has 8 nitrogen and oxygen atoms in total. The van der Waals surface area contributed by atoms with Gasteiger partial charge in [0.05, 0.1) is 10.5 Å². The van der Waals surface area contributed by atoms with Crippen LogP contribution in [-0.4, -0.2) is 21.1 Å². The fraction of sp³-hybridized carbons (Fsp3) is 0.133. The van der Waals surface area contributed by atoms with Crippen LogP contribution in [0.5, 0.6) is 0 Å². The first-order valence-corrected chi connectivity index (χ1v) is 7.80. The van der Waals surface area contributed by atoms with Crippen molar-refractivity contribution in [2.75, 3.05) is 0 Å². The summed E-state index contributed by atoms with van der Waals surface area (Å²) in [5.74, 6) is -0.135. The van der Waals surface area contributed by atoms with Crippen LogP contribution in [0.25, 0.3) is 11.5 Å². The number of nitro benzene ring substituents is 1. The van der Waals surface area contributed by atoms with Crippen molar-refractivity contribution in [1.82, 2.24) is 10.2 Å². The zero-order valence-corrected chi connectivity index (χ0v) is 13.2. The van der Waals surface area contributed by atoms with Gasteiger partial charge in [0, 0.05) is 23.1 Å². The van der Waals surface area contributed by atoms with Crippen LogP contribution in [0.4, 0.5) is 5.69 Å². The predicted octanol–water partition coefficient (Wildman–Crippen LogP) is 3.62. The van der Waals surface area contributed by atoms with E-state index in [0.29, 0.717) is 11.1 Å². The number of hydrogen-bond donors (Lipinski definition) is 0. The van der Waals surface area contributed by atoms with E-state index in [1.807, 2.05) is 0 Å². The number of carbonyl (C=O) groups is 1. The van der Waals surface area contributed by atoms with Gasteiger partial charge in [0.25, 0.3) is 11.6 Å². The van der Waals surface area contributed by atoms with Gasteiger partial charge in [-0.2, -0.15) is 11.3 Å². The van der Waals surface area contributed by atoms with Crippen LogP contribution in [0.2, 0.25) is 0 Å². The molecule has 0 aliphatic carbocycles. The van der Waals surface area contributed by atoms with Crippen molar-refractivity contribution in [3.8, 4) is 11.5 Å². The highest BCUT2D eigenvalue weighted by atomic mass is 32.1. The van der Waals surface area contributed by atoms with Crippen molar-refractivity contribution < 1.29 is 18.9 Å². The fourth-order valence-corrected chi connectivity index (χ4v) is 2.53. The van der Waals surface area contributed by atoms with Gasteiger partial charge in [0.15, 0.2) is 6.10 Å².